The van der Waals surface area contributed by atoms with Gasteiger partial charge in [-0.2, -0.15) is 0 Å². The van der Waals surface area contributed by atoms with Crippen molar-refractivity contribution in [2.75, 3.05) is 13.2 Å². The lowest BCUT2D eigenvalue weighted by Crippen LogP contribution is -2.41. The number of benzene rings is 1. The average Bonchev–Trinajstić information content (AvgIpc) is 2.52. The number of nitrogens with one attached hydrogen (secondary N) is 2. The molecule has 0 bridgehead atoms. The molecule has 0 unspecified atom stereocenters. The van der Waals surface area contributed by atoms with E-state index in [1.165, 1.54) is 6.92 Å². The maximum atomic E-state index is 12.0. The van der Waals surface area contributed by atoms with E-state index < -0.39 is 36.5 Å². The zero-order valence-electron chi connectivity index (χ0n) is 13.8. The van der Waals surface area contributed by atoms with Crippen LogP contribution in [0.3, 0.4) is 0 Å². The maximum Gasteiger partial charge on any atom is 0.413 e. The molecule has 0 fully saturated rings. The van der Waals surface area contributed by atoms with Gasteiger partial charge in [0.1, 0.15) is 6.04 Å². The largest absolute Gasteiger partial charge is 0.454 e. The number of aryl methyl sites for hydroxylation is 1. The van der Waals surface area contributed by atoms with Gasteiger partial charge in [0.15, 0.2) is 6.61 Å². The standard InChI is InChI=1S/C16H20N2O6/c1-4-23-16(22)18-13(19)9-24-15(21)11(3)17-14(20)12-7-5-6-10(2)8-12/h5-8,11H,4,9H2,1-3H3,(H,17,20)(H,18,19,22)/t11-/m0/s1. The van der Waals surface area contributed by atoms with Crippen molar-refractivity contribution in [2.24, 2.45) is 0 Å². The number of alkyl carbamates (subject to hydrolysis) is 1. The number of carbonyl (C=O) groups excluding carboxylic acids is 4. The van der Waals surface area contributed by atoms with Crippen LogP contribution in [0.5, 0.6) is 0 Å². The summed E-state index contributed by atoms with van der Waals surface area (Å²) in [5.74, 6) is -2.05. The highest BCUT2D eigenvalue weighted by molar-refractivity contribution is 5.97. The molecule has 0 spiro atoms. The lowest BCUT2D eigenvalue weighted by atomic mass is 10.1. The molecule has 1 rings (SSSR count). The van der Waals surface area contributed by atoms with E-state index in [4.69, 9.17) is 4.74 Å². The molecule has 2 N–H and O–H groups in total. The van der Waals surface area contributed by atoms with E-state index in [-0.39, 0.29) is 6.61 Å². The van der Waals surface area contributed by atoms with Crippen molar-refractivity contribution in [3.63, 3.8) is 0 Å². The molecule has 1 aromatic carbocycles. The van der Waals surface area contributed by atoms with Gasteiger partial charge in [-0.3, -0.25) is 14.9 Å². The summed E-state index contributed by atoms with van der Waals surface area (Å²) >= 11 is 0. The number of hydrogen-bond acceptors (Lipinski definition) is 6. The van der Waals surface area contributed by atoms with Crippen LogP contribution >= 0.6 is 0 Å². The van der Waals surface area contributed by atoms with Gasteiger partial charge in [0, 0.05) is 5.56 Å². The van der Waals surface area contributed by atoms with Crippen LogP contribution in [0.15, 0.2) is 24.3 Å². The van der Waals surface area contributed by atoms with E-state index in [2.05, 4.69) is 10.1 Å². The summed E-state index contributed by atoms with van der Waals surface area (Å²) in [6.45, 7) is 4.32. The molecule has 0 saturated carbocycles. The maximum absolute atomic E-state index is 12.0. The number of rotatable bonds is 6. The third-order valence-electron chi connectivity index (χ3n) is 2.84. The first-order chi connectivity index (χ1) is 11.3. The van der Waals surface area contributed by atoms with Crippen molar-refractivity contribution in [3.8, 4) is 0 Å². The van der Waals surface area contributed by atoms with Crippen molar-refractivity contribution >= 4 is 23.9 Å². The van der Waals surface area contributed by atoms with Crippen LogP contribution in [0.25, 0.3) is 0 Å². The molecular formula is C16H20N2O6. The Balaban J connectivity index is 2.43. The Bertz CT molecular complexity index is 629. The van der Waals surface area contributed by atoms with Crippen LogP contribution in [0, 0.1) is 6.92 Å². The van der Waals surface area contributed by atoms with Gasteiger partial charge in [0.2, 0.25) is 0 Å². The number of esters is 1. The summed E-state index contributed by atoms with van der Waals surface area (Å²) in [4.78, 5) is 46.1. The topological polar surface area (TPSA) is 111 Å². The second kappa shape index (κ2) is 9.29. The fraction of sp³-hybridized carbons (Fsp3) is 0.375. The predicted octanol–water partition coefficient (Wildman–Crippen LogP) is 0.929. The lowest BCUT2D eigenvalue weighted by Gasteiger charge is -2.13. The minimum atomic E-state index is -0.951. The highest BCUT2D eigenvalue weighted by Gasteiger charge is 2.19. The Kier molecular flexibility index (Phi) is 7.41. The minimum Gasteiger partial charge on any atom is -0.454 e. The van der Waals surface area contributed by atoms with Crippen LogP contribution in [-0.2, 0) is 19.1 Å². The molecule has 0 radical (unpaired) electrons. The first kappa shape index (κ1) is 19.1. The van der Waals surface area contributed by atoms with E-state index in [1.807, 2.05) is 18.3 Å². The number of carbonyl (C=O) groups is 4. The molecule has 1 aromatic rings. The van der Waals surface area contributed by atoms with Gasteiger partial charge in [-0.25, -0.2) is 9.59 Å². The van der Waals surface area contributed by atoms with Crippen LogP contribution in [-0.4, -0.2) is 43.1 Å². The van der Waals surface area contributed by atoms with Crippen LogP contribution in [0.4, 0.5) is 4.79 Å². The van der Waals surface area contributed by atoms with Crippen molar-refractivity contribution in [1.29, 1.82) is 0 Å². The summed E-state index contributed by atoms with van der Waals surface area (Å²) in [6.07, 6.45) is -0.917. The molecule has 3 amide bonds. The van der Waals surface area contributed by atoms with Gasteiger partial charge in [-0.15, -0.1) is 0 Å². The van der Waals surface area contributed by atoms with Gasteiger partial charge in [-0.1, -0.05) is 17.7 Å². The van der Waals surface area contributed by atoms with E-state index in [1.54, 1.807) is 25.1 Å². The Labute approximate surface area is 139 Å². The summed E-state index contributed by atoms with van der Waals surface area (Å²) in [5, 5.41) is 4.35. The monoisotopic (exact) mass is 336 g/mol. The zero-order valence-corrected chi connectivity index (χ0v) is 13.8. The predicted molar refractivity (Wildman–Crippen MR) is 84.2 cm³/mol. The molecule has 130 valence electrons. The summed E-state index contributed by atoms with van der Waals surface area (Å²) in [7, 11) is 0. The highest BCUT2D eigenvalue weighted by Crippen LogP contribution is 2.04. The quantitative estimate of drug-likeness (QED) is 0.748. The first-order valence-corrected chi connectivity index (χ1v) is 7.34. The highest BCUT2D eigenvalue weighted by atomic mass is 16.6. The number of imide groups is 1. The molecule has 24 heavy (non-hydrogen) atoms. The Hall–Kier alpha value is -2.90. The number of hydrogen-bond donors (Lipinski definition) is 2. The van der Waals surface area contributed by atoms with Gasteiger partial charge in [-0.05, 0) is 32.9 Å². The molecule has 0 aromatic heterocycles. The molecule has 0 aliphatic carbocycles. The van der Waals surface area contributed by atoms with Crippen molar-refractivity contribution in [1.82, 2.24) is 10.6 Å². The minimum absolute atomic E-state index is 0.112. The molecule has 0 aliphatic rings. The molecular weight excluding hydrogens is 316 g/mol. The fourth-order valence-corrected chi connectivity index (χ4v) is 1.70. The van der Waals surface area contributed by atoms with Crippen LogP contribution in [0.2, 0.25) is 0 Å². The van der Waals surface area contributed by atoms with Crippen molar-refractivity contribution < 1.29 is 28.7 Å². The van der Waals surface area contributed by atoms with Gasteiger partial charge in [0.25, 0.3) is 11.8 Å². The fourth-order valence-electron chi connectivity index (χ4n) is 1.70. The summed E-state index contributed by atoms with van der Waals surface area (Å²) < 4.78 is 9.24. The first-order valence-electron chi connectivity index (χ1n) is 7.34. The van der Waals surface area contributed by atoms with Gasteiger partial charge >= 0.3 is 12.1 Å². The summed E-state index contributed by atoms with van der Waals surface area (Å²) in [6, 6.07) is 5.92. The smallest absolute Gasteiger partial charge is 0.413 e. The Morgan fingerprint density at radius 1 is 1.17 bits per heavy atom. The zero-order chi connectivity index (χ0) is 18.1. The second-order valence-electron chi connectivity index (χ2n) is 4.94. The number of amides is 3. The van der Waals surface area contributed by atoms with Gasteiger partial charge in [0.05, 0.1) is 6.61 Å². The van der Waals surface area contributed by atoms with E-state index >= 15 is 0 Å². The molecule has 0 aliphatic heterocycles. The van der Waals surface area contributed by atoms with Crippen LogP contribution in [0.1, 0.15) is 29.8 Å². The van der Waals surface area contributed by atoms with Gasteiger partial charge < -0.3 is 14.8 Å². The normalized spacial score (nSPS) is 11.1. The average molecular weight is 336 g/mol. The number of ether oxygens (including phenoxy) is 2. The third-order valence-corrected chi connectivity index (χ3v) is 2.84. The molecule has 0 saturated heterocycles. The third kappa shape index (κ3) is 6.47. The van der Waals surface area contributed by atoms with Crippen molar-refractivity contribution in [3.05, 3.63) is 35.4 Å². The lowest BCUT2D eigenvalue weighted by molar-refractivity contribution is -0.149. The Morgan fingerprint density at radius 2 is 1.88 bits per heavy atom. The SMILES string of the molecule is CCOC(=O)NC(=O)COC(=O)[C@H](C)NC(=O)c1cccc(C)c1. The van der Waals surface area contributed by atoms with E-state index in [0.717, 1.165) is 5.56 Å². The van der Waals surface area contributed by atoms with Crippen molar-refractivity contribution in [2.45, 2.75) is 26.8 Å². The van der Waals surface area contributed by atoms with E-state index in [9.17, 15) is 19.2 Å². The summed E-state index contributed by atoms with van der Waals surface area (Å²) in [5.41, 5.74) is 1.32. The van der Waals surface area contributed by atoms with Crippen LogP contribution < -0.4 is 10.6 Å². The molecule has 8 nitrogen and oxygen atoms in total. The molecule has 8 heteroatoms. The Morgan fingerprint density at radius 3 is 2.50 bits per heavy atom. The molecule has 1 atom stereocenters. The van der Waals surface area contributed by atoms with E-state index in [0.29, 0.717) is 5.56 Å². The molecule has 0 heterocycles. The second-order valence-corrected chi connectivity index (χ2v) is 4.94.